The number of nitriles is 2. The highest BCUT2D eigenvalue weighted by Gasteiger charge is 2.18. The number of nitrogens with zero attached hydrogens (tertiary/aromatic N) is 3. The Bertz CT molecular complexity index is 631. The van der Waals surface area contributed by atoms with E-state index in [4.69, 9.17) is 15.6 Å². The van der Waals surface area contributed by atoms with Crippen molar-refractivity contribution in [1.82, 2.24) is 4.90 Å². The summed E-state index contributed by atoms with van der Waals surface area (Å²) in [5, 5.41) is 25.7. The van der Waals surface area contributed by atoms with Crippen molar-refractivity contribution in [1.29, 1.82) is 10.5 Å². The minimum atomic E-state index is -0.791. The summed E-state index contributed by atoms with van der Waals surface area (Å²) >= 11 is 0. The van der Waals surface area contributed by atoms with Crippen LogP contribution in [0.5, 0.6) is 0 Å². The molecule has 1 aromatic carbocycles. The summed E-state index contributed by atoms with van der Waals surface area (Å²) in [7, 11) is 0. The summed E-state index contributed by atoms with van der Waals surface area (Å²) in [4.78, 5) is 12.9. The van der Waals surface area contributed by atoms with Crippen molar-refractivity contribution in [2.45, 2.75) is 0 Å². The average Bonchev–Trinajstić information content (AvgIpc) is 2.44. The van der Waals surface area contributed by atoms with Crippen LogP contribution < -0.4 is 0 Å². The van der Waals surface area contributed by atoms with Crippen LogP contribution >= 0.6 is 0 Å². The van der Waals surface area contributed by atoms with Crippen molar-refractivity contribution in [3.05, 3.63) is 35.1 Å². The van der Waals surface area contributed by atoms with Crippen molar-refractivity contribution in [2.75, 3.05) is 19.7 Å². The third kappa shape index (κ3) is 3.81. The van der Waals surface area contributed by atoms with Gasteiger partial charge in [-0.05, 0) is 18.2 Å². The lowest BCUT2D eigenvalue weighted by Gasteiger charge is -2.16. The molecule has 0 aliphatic rings. The van der Waals surface area contributed by atoms with E-state index in [-0.39, 0.29) is 25.3 Å². The molecular weight excluding hydrogens is 261 g/mol. The molecule has 1 rings (SSSR count). The molecule has 1 N–H and O–H groups in total. The van der Waals surface area contributed by atoms with E-state index in [2.05, 4.69) is 11.8 Å². The van der Waals surface area contributed by atoms with E-state index in [1.807, 2.05) is 0 Å². The van der Waals surface area contributed by atoms with E-state index < -0.39 is 11.7 Å². The van der Waals surface area contributed by atoms with E-state index in [0.29, 0.717) is 5.56 Å². The molecule has 0 heterocycles. The van der Waals surface area contributed by atoms with Crippen LogP contribution in [0, 0.1) is 40.3 Å². The number of aliphatic hydroxyl groups is 1. The van der Waals surface area contributed by atoms with Gasteiger partial charge in [-0.1, -0.05) is 11.8 Å². The number of benzene rings is 1. The summed E-state index contributed by atoms with van der Waals surface area (Å²) in [5.41, 5.74) is 0.0882. The molecule has 0 atom stereocenters. The van der Waals surface area contributed by atoms with Gasteiger partial charge in [0.15, 0.2) is 0 Å². The maximum absolute atomic E-state index is 13.8. The molecular formula is C14H10FN3O2. The van der Waals surface area contributed by atoms with Crippen LogP contribution in [-0.2, 0) is 0 Å². The topological polar surface area (TPSA) is 88.1 Å². The summed E-state index contributed by atoms with van der Waals surface area (Å²) in [5.74, 6) is 3.35. The molecule has 0 saturated heterocycles. The Kier molecular flexibility index (Phi) is 5.72. The van der Waals surface area contributed by atoms with Crippen LogP contribution in [0.15, 0.2) is 18.2 Å². The van der Waals surface area contributed by atoms with Crippen molar-refractivity contribution in [2.24, 2.45) is 0 Å². The van der Waals surface area contributed by atoms with Gasteiger partial charge in [0.1, 0.15) is 25.5 Å². The third-order valence-corrected chi connectivity index (χ3v) is 2.32. The number of amides is 1. The molecule has 20 heavy (non-hydrogen) atoms. The van der Waals surface area contributed by atoms with Crippen molar-refractivity contribution in [3.63, 3.8) is 0 Å². The zero-order valence-corrected chi connectivity index (χ0v) is 10.4. The average molecular weight is 271 g/mol. The molecule has 0 aromatic heterocycles. The van der Waals surface area contributed by atoms with Gasteiger partial charge in [-0.2, -0.15) is 10.5 Å². The van der Waals surface area contributed by atoms with Crippen LogP contribution in [0.2, 0.25) is 0 Å². The highest BCUT2D eigenvalue weighted by Crippen LogP contribution is 2.12. The summed E-state index contributed by atoms with van der Waals surface area (Å²) in [6, 6.07) is 7.21. The largest absolute Gasteiger partial charge is 0.384 e. The maximum atomic E-state index is 13.8. The van der Waals surface area contributed by atoms with E-state index in [0.717, 1.165) is 11.0 Å². The van der Waals surface area contributed by atoms with Gasteiger partial charge >= 0.3 is 0 Å². The van der Waals surface area contributed by atoms with Gasteiger partial charge in [-0.3, -0.25) is 4.79 Å². The van der Waals surface area contributed by atoms with E-state index in [1.165, 1.54) is 12.1 Å². The number of aliphatic hydroxyl groups excluding tert-OH is 1. The molecule has 6 heteroatoms. The van der Waals surface area contributed by atoms with E-state index in [1.54, 1.807) is 12.1 Å². The molecule has 100 valence electrons. The molecule has 0 spiro atoms. The van der Waals surface area contributed by atoms with Gasteiger partial charge in [0.05, 0.1) is 17.7 Å². The molecule has 0 bridgehead atoms. The normalized spacial score (nSPS) is 8.80. The molecule has 0 unspecified atom stereocenters. The Morgan fingerprint density at radius 3 is 2.45 bits per heavy atom. The number of carbonyl (C=O) groups is 1. The molecule has 0 saturated carbocycles. The lowest BCUT2D eigenvalue weighted by Crippen LogP contribution is -2.32. The molecule has 0 radical (unpaired) electrons. The molecule has 0 aliphatic carbocycles. The molecule has 5 nitrogen and oxygen atoms in total. The first-order valence-corrected chi connectivity index (χ1v) is 5.56. The first-order chi connectivity index (χ1) is 9.63. The lowest BCUT2D eigenvalue weighted by atomic mass is 10.1. The summed E-state index contributed by atoms with van der Waals surface area (Å²) in [6.07, 6.45) is 0. The standard InChI is InChI=1S/C14H10FN3O2/c15-13-10-11(2-1-9-19)3-4-12(13)14(20)18(7-5-16)8-6-17/h3-4,10,19H,7-9H2. The first kappa shape index (κ1) is 15.2. The van der Waals surface area contributed by atoms with E-state index >= 15 is 0 Å². The second kappa shape index (κ2) is 7.53. The fraction of sp³-hybridized carbons (Fsp3) is 0.214. The van der Waals surface area contributed by atoms with Gasteiger partial charge in [-0.15, -0.1) is 0 Å². The summed E-state index contributed by atoms with van der Waals surface area (Å²) < 4.78 is 13.8. The number of halogens is 1. The SMILES string of the molecule is N#CCN(CC#N)C(=O)c1ccc(C#CCO)cc1F. The van der Waals surface area contributed by atoms with Crippen LogP contribution in [0.3, 0.4) is 0 Å². The van der Waals surface area contributed by atoms with Crippen LogP contribution in [-0.4, -0.2) is 35.6 Å². The zero-order chi connectivity index (χ0) is 15.0. The van der Waals surface area contributed by atoms with Crippen molar-refractivity contribution in [3.8, 4) is 24.0 Å². The van der Waals surface area contributed by atoms with Gasteiger partial charge in [-0.25, -0.2) is 4.39 Å². The first-order valence-electron chi connectivity index (χ1n) is 5.56. The predicted molar refractivity (Wildman–Crippen MR) is 67.5 cm³/mol. The Hall–Kier alpha value is -2.88. The number of hydrogen-bond donors (Lipinski definition) is 1. The van der Waals surface area contributed by atoms with Crippen LogP contribution in [0.4, 0.5) is 4.39 Å². The molecule has 1 aromatic rings. The molecule has 0 aliphatic heterocycles. The Morgan fingerprint density at radius 1 is 1.30 bits per heavy atom. The minimum Gasteiger partial charge on any atom is -0.384 e. The van der Waals surface area contributed by atoms with Gasteiger partial charge in [0.25, 0.3) is 5.91 Å². The molecule has 0 fully saturated rings. The number of carbonyl (C=O) groups excluding carboxylic acids is 1. The second-order valence-corrected chi connectivity index (χ2v) is 3.63. The van der Waals surface area contributed by atoms with Crippen molar-refractivity contribution >= 4 is 5.91 Å². The predicted octanol–water partition coefficient (Wildman–Crippen LogP) is 0.659. The van der Waals surface area contributed by atoms with Gasteiger partial charge in [0.2, 0.25) is 0 Å². The summed E-state index contributed by atoms with van der Waals surface area (Å²) in [6.45, 7) is -0.934. The van der Waals surface area contributed by atoms with Crippen LogP contribution in [0.1, 0.15) is 15.9 Å². The Balaban J connectivity index is 3.05. The van der Waals surface area contributed by atoms with Crippen LogP contribution in [0.25, 0.3) is 0 Å². The fourth-order valence-corrected chi connectivity index (χ4v) is 1.45. The smallest absolute Gasteiger partial charge is 0.258 e. The monoisotopic (exact) mass is 271 g/mol. The number of hydrogen-bond acceptors (Lipinski definition) is 4. The van der Waals surface area contributed by atoms with Gasteiger partial charge in [0, 0.05) is 5.56 Å². The zero-order valence-electron chi connectivity index (χ0n) is 10.4. The Morgan fingerprint density at radius 2 is 1.95 bits per heavy atom. The van der Waals surface area contributed by atoms with Crippen molar-refractivity contribution < 1.29 is 14.3 Å². The van der Waals surface area contributed by atoms with Gasteiger partial charge < -0.3 is 10.0 Å². The van der Waals surface area contributed by atoms with E-state index in [9.17, 15) is 9.18 Å². The Labute approximate surface area is 115 Å². The quantitative estimate of drug-likeness (QED) is 0.646. The molecule has 1 amide bonds. The minimum absolute atomic E-state index is 0.231. The number of rotatable bonds is 3. The maximum Gasteiger partial charge on any atom is 0.258 e. The third-order valence-electron chi connectivity index (χ3n) is 2.32. The lowest BCUT2D eigenvalue weighted by molar-refractivity contribution is 0.0790. The second-order valence-electron chi connectivity index (χ2n) is 3.63. The highest BCUT2D eigenvalue weighted by molar-refractivity contribution is 5.95. The highest BCUT2D eigenvalue weighted by atomic mass is 19.1. The fourth-order valence-electron chi connectivity index (χ4n) is 1.45.